The van der Waals surface area contributed by atoms with Crippen molar-refractivity contribution in [3.8, 4) is 0 Å². The van der Waals surface area contributed by atoms with Crippen molar-refractivity contribution in [2.45, 2.75) is 25.9 Å². The molecule has 1 aromatic rings. The summed E-state index contributed by atoms with van der Waals surface area (Å²) in [6.07, 6.45) is 1.01. The fourth-order valence-electron chi connectivity index (χ4n) is 1.30. The van der Waals surface area contributed by atoms with Gasteiger partial charge in [-0.1, -0.05) is 37.9 Å². The molecule has 0 radical (unpaired) electrons. The van der Waals surface area contributed by atoms with Gasteiger partial charge in [-0.3, -0.25) is 0 Å². The molecule has 1 rings (SSSR count). The topological polar surface area (TPSA) is 38.0 Å². The second-order valence-corrected chi connectivity index (χ2v) is 5.37. The van der Waals surface area contributed by atoms with Crippen LogP contribution in [0.2, 0.25) is 0 Å². The number of nitrogens with two attached hydrogens (primary N) is 1. The van der Waals surface area contributed by atoms with Gasteiger partial charge in [0.05, 0.1) is 0 Å². The van der Waals surface area contributed by atoms with Gasteiger partial charge in [0, 0.05) is 21.5 Å². The molecule has 1 atom stereocenters. The van der Waals surface area contributed by atoms with Crippen LogP contribution in [0.4, 0.5) is 0 Å². The molecule has 0 saturated heterocycles. The molecule has 0 aliphatic rings. The number of halogens is 2. The minimum Gasteiger partial charge on any atom is -0.330 e. The van der Waals surface area contributed by atoms with Crippen molar-refractivity contribution < 1.29 is 0 Å². The average molecular weight is 336 g/mol. The molecule has 2 nitrogen and oxygen atoms in total. The van der Waals surface area contributed by atoms with Crippen molar-refractivity contribution in [1.82, 2.24) is 5.32 Å². The maximum Gasteiger partial charge on any atom is 0.0231 e. The van der Waals surface area contributed by atoms with Crippen molar-refractivity contribution >= 4 is 31.9 Å². The lowest BCUT2D eigenvalue weighted by Crippen LogP contribution is -2.27. The van der Waals surface area contributed by atoms with Crippen LogP contribution >= 0.6 is 31.9 Å². The number of hydrogen-bond donors (Lipinski definition) is 2. The summed E-state index contributed by atoms with van der Waals surface area (Å²) in [5, 5.41) is 3.43. The molecule has 1 aromatic carbocycles. The monoisotopic (exact) mass is 334 g/mol. The van der Waals surface area contributed by atoms with E-state index in [4.69, 9.17) is 5.73 Å². The Morgan fingerprint density at radius 3 is 2.73 bits per heavy atom. The summed E-state index contributed by atoms with van der Waals surface area (Å²) in [4.78, 5) is 0. The Morgan fingerprint density at radius 1 is 1.40 bits per heavy atom. The highest BCUT2D eigenvalue weighted by molar-refractivity contribution is 9.11. The van der Waals surface area contributed by atoms with Gasteiger partial charge in [0.25, 0.3) is 0 Å². The summed E-state index contributed by atoms with van der Waals surface area (Å²) in [6.45, 7) is 3.75. The molecule has 0 heterocycles. The van der Waals surface area contributed by atoms with Crippen LogP contribution < -0.4 is 11.1 Å². The van der Waals surface area contributed by atoms with E-state index in [1.807, 2.05) is 0 Å². The van der Waals surface area contributed by atoms with Gasteiger partial charge in [0.15, 0.2) is 0 Å². The molecule has 4 heteroatoms. The van der Waals surface area contributed by atoms with Crippen molar-refractivity contribution in [3.63, 3.8) is 0 Å². The number of nitrogens with one attached hydrogen (secondary N) is 1. The van der Waals surface area contributed by atoms with Crippen LogP contribution in [0.1, 0.15) is 18.9 Å². The normalized spacial score (nSPS) is 12.8. The third-order valence-corrected chi connectivity index (χ3v) is 3.49. The van der Waals surface area contributed by atoms with E-state index >= 15 is 0 Å². The van der Waals surface area contributed by atoms with Crippen molar-refractivity contribution in [2.24, 2.45) is 5.73 Å². The van der Waals surface area contributed by atoms with Gasteiger partial charge in [-0.05, 0) is 37.6 Å². The second kappa shape index (κ2) is 6.63. The van der Waals surface area contributed by atoms with Gasteiger partial charge < -0.3 is 11.1 Å². The third-order valence-electron chi connectivity index (χ3n) is 2.26. The molecule has 0 spiro atoms. The minimum atomic E-state index is 0.463. The predicted octanol–water partition coefficient (Wildman–Crippen LogP) is 3.04. The minimum absolute atomic E-state index is 0.463. The van der Waals surface area contributed by atoms with E-state index in [1.165, 1.54) is 5.56 Å². The first kappa shape index (κ1) is 13.2. The highest BCUT2D eigenvalue weighted by Gasteiger charge is 2.03. The van der Waals surface area contributed by atoms with Crippen LogP contribution in [0.15, 0.2) is 27.1 Å². The van der Waals surface area contributed by atoms with Crippen LogP contribution in [-0.2, 0) is 6.54 Å². The molecule has 0 bridgehead atoms. The fourth-order valence-corrected chi connectivity index (χ4v) is 2.49. The molecule has 0 aliphatic carbocycles. The Balaban J connectivity index is 2.50. The first-order chi connectivity index (χ1) is 7.13. The van der Waals surface area contributed by atoms with Gasteiger partial charge in [-0.15, -0.1) is 0 Å². The molecule has 0 aromatic heterocycles. The predicted molar refractivity (Wildman–Crippen MR) is 71.8 cm³/mol. The van der Waals surface area contributed by atoms with E-state index in [9.17, 15) is 0 Å². The number of rotatable bonds is 5. The Hall–Kier alpha value is 0.1000. The highest BCUT2D eigenvalue weighted by Crippen LogP contribution is 2.21. The summed E-state index contributed by atoms with van der Waals surface area (Å²) in [7, 11) is 0. The van der Waals surface area contributed by atoms with E-state index in [-0.39, 0.29) is 0 Å². The first-order valence-corrected chi connectivity index (χ1v) is 6.59. The summed E-state index contributed by atoms with van der Waals surface area (Å²) in [5.41, 5.74) is 6.76. The number of hydrogen-bond acceptors (Lipinski definition) is 2. The van der Waals surface area contributed by atoms with E-state index in [0.29, 0.717) is 6.04 Å². The SMILES string of the molecule is CC(CCN)NCc1ccc(Br)cc1Br. The van der Waals surface area contributed by atoms with Gasteiger partial charge in [0.2, 0.25) is 0 Å². The standard InChI is InChI=1S/C11H16Br2N2/c1-8(4-5-14)15-7-9-2-3-10(12)6-11(9)13/h2-3,6,8,15H,4-5,7,14H2,1H3. The second-order valence-electron chi connectivity index (χ2n) is 3.60. The maximum absolute atomic E-state index is 5.49. The largest absolute Gasteiger partial charge is 0.330 e. The first-order valence-electron chi connectivity index (χ1n) is 5.01. The fraction of sp³-hybridized carbons (Fsp3) is 0.455. The van der Waals surface area contributed by atoms with E-state index in [1.54, 1.807) is 0 Å². The Kier molecular flexibility index (Phi) is 5.82. The maximum atomic E-state index is 5.49. The van der Waals surface area contributed by atoms with Crippen LogP contribution in [0.5, 0.6) is 0 Å². The highest BCUT2D eigenvalue weighted by atomic mass is 79.9. The van der Waals surface area contributed by atoms with Crippen molar-refractivity contribution in [1.29, 1.82) is 0 Å². The van der Waals surface area contributed by atoms with Crippen LogP contribution in [0.3, 0.4) is 0 Å². The molecule has 0 aliphatic heterocycles. The zero-order chi connectivity index (χ0) is 11.3. The molecule has 3 N–H and O–H groups in total. The molecule has 0 fully saturated rings. The smallest absolute Gasteiger partial charge is 0.0231 e. The van der Waals surface area contributed by atoms with Crippen LogP contribution in [0.25, 0.3) is 0 Å². The van der Waals surface area contributed by atoms with E-state index < -0.39 is 0 Å². The molecule has 84 valence electrons. The zero-order valence-corrected chi connectivity index (χ0v) is 11.9. The average Bonchev–Trinajstić information content (AvgIpc) is 2.17. The lowest BCUT2D eigenvalue weighted by atomic mass is 10.2. The van der Waals surface area contributed by atoms with Crippen LogP contribution in [-0.4, -0.2) is 12.6 Å². The van der Waals surface area contributed by atoms with E-state index in [2.05, 4.69) is 62.3 Å². The van der Waals surface area contributed by atoms with Gasteiger partial charge in [0.1, 0.15) is 0 Å². The van der Waals surface area contributed by atoms with Gasteiger partial charge >= 0.3 is 0 Å². The molecular weight excluding hydrogens is 320 g/mol. The molecule has 0 saturated carbocycles. The number of benzene rings is 1. The van der Waals surface area contributed by atoms with Gasteiger partial charge in [-0.2, -0.15) is 0 Å². The van der Waals surface area contributed by atoms with Gasteiger partial charge in [-0.25, -0.2) is 0 Å². The summed E-state index contributed by atoms with van der Waals surface area (Å²) < 4.78 is 2.22. The van der Waals surface area contributed by atoms with Crippen molar-refractivity contribution in [3.05, 3.63) is 32.7 Å². The quantitative estimate of drug-likeness (QED) is 0.868. The molecule has 1 unspecified atom stereocenters. The zero-order valence-electron chi connectivity index (χ0n) is 8.76. The summed E-state index contributed by atoms with van der Waals surface area (Å²) in [6, 6.07) is 6.68. The lowest BCUT2D eigenvalue weighted by molar-refractivity contribution is 0.519. The van der Waals surface area contributed by atoms with Crippen LogP contribution in [0, 0.1) is 0 Å². The summed E-state index contributed by atoms with van der Waals surface area (Å²) in [5.74, 6) is 0. The Bertz CT molecular complexity index is 315. The van der Waals surface area contributed by atoms with Crippen molar-refractivity contribution in [2.75, 3.05) is 6.54 Å². The summed E-state index contributed by atoms with van der Waals surface area (Å²) >= 11 is 6.98. The molecule has 0 amide bonds. The Morgan fingerprint density at radius 2 is 2.13 bits per heavy atom. The molecule has 15 heavy (non-hydrogen) atoms. The lowest BCUT2D eigenvalue weighted by Gasteiger charge is -2.13. The molecular formula is C11H16Br2N2. The Labute approximate surface area is 108 Å². The third kappa shape index (κ3) is 4.64. The van der Waals surface area contributed by atoms with E-state index in [0.717, 1.165) is 28.5 Å².